The van der Waals surface area contributed by atoms with E-state index in [1.54, 1.807) is 6.07 Å². The summed E-state index contributed by atoms with van der Waals surface area (Å²) < 4.78 is 0. The highest BCUT2D eigenvalue weighted by Crippen LogP contribution is 2.37. The minimum Gasteiger partial charge on any atom is -0.311 e. The zero-order valence-corrected chi connectivity index (χ0v) is 12.9. The SMILES string of the molecule is CCNCc1cc(=O)[nH]c(C2CCC(C(C)C)CC2)n1. The minimum absolute atomic E-state index is 0.0195. The molecule has 4 nitrogen and oxygen atoms in total. The van der Waals surface area contributed by atoms with Gasteiger partial charge in [-0.05, 0) is 44.1 Å². The molecule has 20 heavy (non-hydrogen) atoms. The molecule has 1 heterocycles. The normalized spacial score (nSPS) is 23.2. The van der Waals surface area contributed by atoms with Crippen LogP contribution in [0.1, 0.15) is 63.9 Å². The lowest BCUT2D eigenvalue weighted by molar-refractivity contribution is 0.254. The lowest BCUT2D eigenvalue weighted by Gasteiger charge is -2.30. The van der Waals surface area contributed by atoms with Crippen molar-refractivity contribution >= 4 is 0 Å². The maximum atomic E-state index is 11.8. The molecule has 0 aromatic carbocycles. The highest BCUT2D eigenvalue weighted by atomic mass is 16.1. The smallest absolute Gasteiger partial charge is 0.251 e. The van der Waals surface area contributed by atoms with Crippen LogP contribution in [0.4, 0.5) is 0 Å². The van der Waals surface area contributed by atoms with Crippen molar-refractivity contribution in [2.24, 2.45) is 11.8 Å². The van der Waals surface area contributed by atoms with Crippen LogP contribution in [-0.4, -0.2) is 16.5 Å². The topological polar surface area (TPSA) is 57.8 Å². The molecule has 112 valence electrons. The van der Waals surface area contributed by atoms with E-state index < -0.39 is 0 Å². The average Bonchev–Trinajstić information content (AvgIpc) is 2.44. The molecule has 4 heteroatoms. The predicted octanol–water partition coefficient (Wildman–Crippen LogP) is 2.81. The van der Waals surface area contributed by atoms with E-state index in [1.807, 2.05) is 0 Å². The van der Waals surface area contributed by atoms with E-state index in [2.05, 4.69) is 36.1 Å². The molecule has 1 aliphatic rings. The van der Waals surface area contributed by atoms with Crippen molar-refractivity contribution in [2.45, 2.75) is 58.9 Å². The first kappa shape index (κ1) is 15.2. The van der Waals surface area contributed by atoms with E-state index in [4.69, 9.17) is 0 Å². The highest BCUT2D eigenvalue weighted by Gasteiger charge is 2.25. The first-order chi connectivity index (χ1) is 9.60. The fraction of sp³-hybridized carbons (Fsp3) is 0.750. The molecule has 1 aromatic rings. The van der Waals surface area contributed by atoms with Gasteiger partial charge in [0, 0.05) is 18.5 Å². The monoisotopic (exact) mass is 277 g/mol. The number of nitrogens with one attached hydrogen (secondary N) is 2. The molecule has 0 radical (unpaired) electrons. The Morgan fingerprint density at radius 1 is 1.35 bits per heavy atom. The third kappa shape index (κ3) is 3.92. The van der Waals surface area contributed by atoms with Gasteiger partial charge in [0.2, 0.25) is 0 Å². The van der Waals surface area contributed by atoms with Crippen LogP contribution in [0.2, 0.25) is 0 Å². The van der Waals surface area contributed by atoms with Crippen LogP contribution >= 0.6 is 0 Å². The number of H-pyrrole nitrogens is 1. The van der Waals surface area contributed by atoms with Crippen LogP contribution in [0.3, 0.4) is 0 Å². The molecule has 0 spiro atoms. The Morgan fingerprint density at radius 2 is 2.05 bits per heavy atom. The Bertz CT molecular complexity index is 473. The van der Waals surface area contributed by atoms with Crippen LogP contribution in [0.25, 0.3) is 0 Å². The molecular formula is C16H27N3O. The van der Waals surface area contributed by atoms with Crippen LogP contribution in [0, 0.1) is 11.8 Å². The number of rotatable bonds is 5. The van der Waals surface area contributed by atoms with Crippen molar-refractivity contribution in [2.75, 3.05) is 6.54 Å². The molecule has 1 fully saturated rings. The van der Waals surface area contributed by atoms with Gasteiger partial charge in [-0.15, -0.1) is 0 Å². The molecule has 1 aromatic heterocycles. The van der Waals surface area contributed by atoms with Gasteiger partial charge in [0.25, 0.3) is 5.56 Å². The summed E-state index contributed by atoms with van der Waals surface area (Å²) in [5.41, 5.74) is 0.838. The molecule has 1 aliphatic carbocycles. The number of aromatic nitrogens is 2. The standard InChI is InChI=1S/C16H27N3O/c1-4-17-10-14-9-15(20)19-16(18-14)13-7-5-12(6-8-13)11(2)3/h9,11-13,17H,4-8,10H2,1-3H3,(H,18,19,20). The van der Waals surface area contributed by atoms with Gasteiger partial charge in [0.05, 0.1) is 5.69 Å². The van der Waals surface area contributed by atoms with Crippen molar-refractivity contribution in [3.8, 4) is 0 Å². The molecule has 0 amide bonds. The number of hydrogen-bond donors (Lipinski definition) is 2. The van der Waals surface area contributed by atoms with Gasteiger partial charge < -0.3 is 10.3 Å². The fourth-order valence-corrected chi connectivity index (χ4v) is 3.12. The van der Waals surface area contributed by atoms with E-state index in [9.17, 15) is 4.79 Å². The van der Waals surface area contributed by atoms with Gasteiger partial charge >= 0.3 is 0 Å². The number of nitrogens with zero attached hydrogens (tertiary/aromatic N) is 1. The highest BCUT2D eigenvalue weighted by molar-refractivity contribution is 5.07. The molecule has 1 saturated carbocycles. The maximum absolute atomic E-state index is 11.8. The van der Waals surface area contributed by atoms with Gasteiger partial charge in [-0.2, -0.15) is 0 Å². The number of hydrogen-bond acceptors (Lipinski definition) is 3. The van der Waals surface area contributed by atoms with Crippen molar-refractivity contribution in [1.29, 1.82) is 0 Å². The third-order valence-electron chi connectivity index (χ3n) is 4.47. The van der Waals surface area contributed by atoms with E-state index in [0.717, 1.165) is 42.7 Å². The second kappa shape index (κ2) is 7.02. The number of aromatic amines is 1. The van der Waals surface area contributed by atoms with Gasteiger partial charge in [-0.3, -0.25) is 4.79 Å². The lowest BCUT2D eigenvalue weighted by Crippen LogP contribution is -2.23. The van der Waals surface area contributed by atoms with Crippen molar-refractivity contribution in [3.05, 3.63) is 27.9 Å². The zero-order valence-electron chi connectivity index (χ0n) is 12.9. The van der Waals surface area contributed by atoms with Crippen LogP contribution in [-0.2, 0) is 6.54 Å². The second-order valence-corrected chi connectivity index (χ2v) is 6.26. The van der Waals surface area contributed by atoms with Crippen molar-refractivity contribution in [1.82, 2.24) is 15.3 Å². The molecule has 0 saturated heterocycles. The fourth-order valence-electron chi connectivity index (χ4n) is 3.12. The van der Waals surface area contributed by atoms with Gasteiger partial charge in [-0.25, -0.2) is 4.98 Å². The van der Waals surface area contributed by atoms with Crippen molar-refractivity contribution in [3.63, 3.8) is 0 Å². The summed E-state index contributed by atoms with van der Waals surface area (Å²) in [6, 6.07) is 1.60. The summed E-state index contributed by atoms with van der Waals surface area (Å²) in [6.45, 7) is 8.24. The van der Waals surface area contributed by atoms with E-state index in [-0.39, 0.29) is 5.56 Å². The zero-order chi connectivity index (χ0) is 14.5. The Labute approximate surface area is 121 Å². The molecule has 2 rings (SSSR count). The van der Waals surface area contributed by atoms with Gasteiger partial charge in [0.15, 0.2) is 0 Å². The van der Waals surface area contributed by atoms with Gasteiger partial charge in [0.1, 0.15) is 5.82 Å². The summed E-state index contributed by atoms with van der Waals surface area (Å²) in [5.74, 6) is 2.93. The molecule has 0 unspecified atom stereocenters. The van der Waals surface area contributed by atoms with E-state index in [1.165, 1.54) is 12.8 Å². The maximum Gasteiger partial charge on any atom is 0.251 e. The first-order valence-corrected chi connectivity index (χ1v) is 7.91. The second-order valence-electron chi connectivity index (χ2n) is 6.26. The van der Waals surface area contributed by atoms with Gasteiger partial charge in [-0.1, -0.05) is 20.8 Å². The molecule has 2 N–H and O–H groups in total. The molecular weight excluding hydrogens is 250 g/mol. The van der Waals surface area contributed by atoms with Crippen LogP contribution in [0.5, 0.6) is 0 Å². The van der Waals surface area contributed by atoms with Crippen molar-refractivity contribution < 1.29 is 0 Å². The Kier molecular flexibility index (Phi) is 5.35. The molecule has 0 aliphatic heterocycles. The molecule has 0 atom stereocenters. The minimum atomic E-state index is -0.0195. The molecule has 0 bridgehead atoms. The largest absolute Gasteiger partial charge is 0.311 e. The summed E-state index contributed by atoms with van der Waals surface area (Å²) in [6.07, 6.45) is 4.81. The summed E-state index contributed by atoms with van der Waals surface area (Å²) in [7, 11) is 0. The van der Waals surface area contributed by atoms with E-state index in [0.29, 0.717) is 12.5 Å². The average molecular weight is 277 g/mol. The Balaban J connectivity index is 2.05. The summed E-state index contributed by atoms with van der Waals surface area (Å²) in [5, 5.41) is 3.23. The lowest BCUT2D eigenvalue weighted by atomic mass is 9.77. The van der Waals surface area contributed by atoms with Crippen LogP contribution < -0.4 is 10.9 Å². The Hall–Kier alpha value is -1.16. The summed E-state index contributed by atoms with van der Waals surface area (Å²) in [4.78, 5) is 19.4. The quantitative estimate of drug-likeness (QED) is 0.870. The van der Waals surface area contributed by atoms with E-state index >= 15 is 0 Å². The predicted molar refractivity (Wildman–Crippen MR) is 81.8 cm³/mol. The Morgan fingerprint density at radius 3 is 2.65 bits per heavy atom. The summed E-state index contributed by atoms with van der Waals surface area (Å²) >= 11 is 0. The van der Waals surface area contributed by atoms with Crippen LogP contribution in [0.15, 0.2) is 10.9 Å². The first-order valence-electron chi connectivity index (χ1n) is 7.91. The third-order valence-corrected chi connectivity index (χ3v) is 4.47.